The second kappa shape index (κ2) is 4.97. The fourth-order valence-electron chi connectivity index (χ4n) is 2.45. The predicted octanol–water partition coefficient (Wildman–Crippen LogP) is 2.01. The third-order valence-electron chi connectivity index (χ3n) is 3.89. The van der Waals surface area contributed by atoms with Crippen LogP contribution < -0.4 is 5.73 Å². The fraction of sp³-hybridized carbons (Fsp3) is 0.846. The zero-order valence-electron chi connectivity index (χ0n) is 11.5. The molecule has 0 atom stereocenters. The summed E-state index contributed by atoms with van der Waals surface area (Å²) in [6.07, 6.45) is 4.37. The van der Waals surface area contributed by atoms with Crippen LogP contribution in [-0.2, 0) is 16.8 Å². The number of aromatic nitrogens is 2. The van der Waals surface area contributed by atoms with Crippen LogP contribution in [-0.4, -0.2) is 23.3 Å². The van der Waals surface area contributed by atoms with Crippen molar-refractivity contribution in [2.24, 2.45) is 11.1 Å². The van der Waals surface area contributed by atoms with Gasteiger partial charge in [0.2, 0.25) is 11.7 Å². The molecule has 18 heavy (non-hydrogen) atoms. The molecule has 1 heterocycles. The SMILES string of the molecule is CCOC(C)(C)c1noc(CC2(CN)CCC2)n1. The predicted molar refractivity (Wildman–Crippen MR) is 68.0 cm³/mol. The molecule has 2 rings (SSSR count). The molecule has 5 heteroatoms. The Kier molecular flexibility index (Phi) is 3.73. The van der Waals surface area contributed by atoms with Gasteiger partial charge in [-0.1, -0.05) is 11.6 Å². The standard InChI is InChI=1S/C13H23N3O2/c1-4-17-12(2,3)11-15-10(18-16-11)8-13(9-14)6-5-7-13/h4-9,14H2,1-3H3. The molecule has 1 aromatic rings. The molecule has 0 aliphatic heterocycles. The number of ether oxygens (including phenoxy) is 1. The lowest BCUT2D eigenvalue weighted by Crippen LogP contribution is -2.39. The van der Waals surface area contributed by atoms with E-state index in [1.54, 1.807) is 0 Å². The summed E-state index contributed by atoms with van der Waals surface area (Å²) in [6, 6.07) is 0. The molecule has 1 saturated carbocycles. The molecule has 0 radical (unpaired) electrons. The monoisotopic (exact) mass is 253 g/mol. The summed E-state index contributed by atoms with van der Waals surface area (Å²) in [5.74, 6) is 1.30. The van der Waals surface area contributed by atoms with Crippen molar-refractivity contribution in [2.75, 3.05) is 13.2 Å². The molecule has 1 fully saturated rings. The van der Waals surface area contributed by atoms with Crippen LogP contribution in [0.2, 0.25) is 0 Å². The van der Waals surface area contributed by atoms with Gasteiger partial charge in [-0.2, -0.15) is 4.98 Å². The van der Waals surface area contributed by atoms with Gasteiger partial charge in [0.1, 0.15) is 5.60 Å². The summed E-state index contributed by atoms with van der Waals surface area (Å²) < 4.78 is 10.9. The number of nitrogens with zero attached hydrogens (tertiary/aromatic N) is 2. The molecule has 1 aliphatic rings. The summed E-state index contributed by atoms with van der Waals surface area (Å²) in [4.78, 5) is 4.46. The van der Waals surface area contributed by atoms with Crippen molar-refractivity contribution in [3.05, 3.63) is 11.7 Å². The summed E-state index contributed by atoms with van der Waals surface area (Å²) in [7, 11) is 0. The third kappa shape index (κ3) is 2.57. The summed E-state index contributed by atoms with van der Waals surface area (Å²) in [6.45, 7) is 7.18. The third-order valence-corrected chi connectivity index (χ3v) is 3.89. The molecule has 1 aliphatic carbocycles. The van der Waals surface area contributed by atoms with Crippen LogP contribution in [0.5, 0.6) is 0 Å². The van der Waals surface area contributed by atoms with Gasteiger partial charge in [-0.25, -0.2) is 0 Å². The minimum atomic E-state index is -0.494. The van der Waals surface area contributed by atoms with E-state index in [1.807, 2.05) is 20.8 Å². The average Bonchev–Trinajstić information content (AvgIpc) is 2.72. The Morgan fingerprint density at radius 3 is 2.67 bits per heavy atom. The highest BCUT2D eigenvalue weighted by atomic mass is 16.5. The molecule has 0 saturated heterocycles. The smallest absolute Gasteiger partial charge is 0.227 e. The van der Waals surface area contributed by atoms with E-state index >= 15 is 0 Å². The number of nitrogens with two attached hydrogens (primary N) is 1. The van der Waals surface area contributed by atoms with Crippen molar-refractivity contribution in [1.82, 2.24) is 10.1 Å². The van der Waals surface area contributed by atoms with E-state index in [4.69, 9.17) is 15.0 Å². The van der Waals surface area contributed by atoms with Crippen LogP contribution in [0, 0.1) is 5.41 Å². The largest absolute Gasteiger partial charge is 0.368 e. The second-order valence-corrected chi connectivity index (χ2v) is 5.69. The van der Waals surface area contributed by atoms with Gasteiger partial charge in [-0.3, -0.25) is 0 Å². The Morgan fingerprint density at radius 2 is 2.17 bits per heavy atom. The topological polar surface area (TPSA) is 74.2 Å². The molecule has 1 aromatic heterocycles. The Bertz CT molecular complexity index is 391. The summed E-state index contributed by atoms with van der Waals surface area (Å²) >= 11 is 0. The lowest BCUT2D eigenvalue weighted by molar-refractivity contribution is -0.0221. The summed E-state index contributed by atoms with van der Waals surface area (Å²) in [5.41, 5.74) is 5.54. The van der Waals surface area contributed by atoms with Gasteiger partial charge in [0, 0.05) is 13.0 Å². The van der Waals surface area contributed by atoms with Gasteiger partial charge in [0.25, 0.3) is 0 Å². The fourth-order valence-corrected chi connectivity index (χ4v) is 2.45. The molecular formula is C13H23N3O2. The Morgan fingerprint density at radius 1 is 1.44 bits per heavy atom. The normalized spacial score (nSPS) is 18.7. The zero-order valence-corrected chi connectivity index (χ0v) is 11.5. The maximum atomic E-state index is 5.84. The lowest BCUT2D eigenvalue weighted by Gasteiger charge is -2.39. The van der Waals surface area contributed by atoms with E-state index < -0.39 is 5.60 Å². The highest BCUT2D eigenvalue weighted by molar-refractivity contribution is 5.01. The van der Waals surface area contributed by atoms with Crippen molar-refractivity contribution in [3.63, 3.8) is 0 Å². The van der Waals surface area contributed by atoms with Crippen molar-refractivity contribution in [2.45, 2.75) is 52.1 Å². The first-order valence-corrected chi connectivity index (χ1v) is 6.68. The summed E-state index contributed by atoms with van der Waals surface area (Å²) in [5, 5.41) is 4.03. The molecule has 5 nitrogen and oxygen atoms in total. The van der Waals surface area contributed by atoms with E-state index in [-0.39, 0.29) is 5.41 Å². The van der Waals surface area contributed by atoms with E-state index in [2.05, 4.69) is 10.1 Å². The average molecular weight is 253 g/mol. The number of rotatable bonds is 6. The van der Waals surface area contributed by atoms with Gasteiger partial charge in [0.15, 0.2) is 0 Å². The maximum absolute atomic E-state index is 5.84. The Balaban J connectivity index is 2.06. The lowest BCUT2D eigenvalue weighted by atomic mass is 9.67. The molecular weight excluding hydrogens is 230 g/mol. The highest BCUT2D eigenvalue weighted by Crippen LogP contribution is 2.42. The van der Waals surface area contributed by atoms with Gasteiger partial charge in [0.05, 0.1) is 0 Å². The molecule has 0 aromatic carbocycles. The second-order valence-electron chi connectivity index (χ2n) is 5.69. The first-order chi connectivity index (χ1) is 8.51. The highest BCUT2D eigenvalue weighted by Gasteiger charge is 2.38. The van der Waals surface area contributed by atoms with Crippen molar-refractivity contribution < 1.29 is 9.26 Å². The molecule has 2 N–H and O–H groups in total. The van der Waals surface area contributed by atoms with Crippen LogP contribution in [0.3, 0.4) is 0 Å². The first kappa shape index (κ1) is 13.5. The van der Waals surface area contributed by atoms with E-state index in [0.717, 1.165) is 19.3 Å². The minimum Gasteiger partial charge on any atom is -0.368 e. The van der Waals surface area contributed by atoms with Gasteiger partial charge in [-0.15, -0.1) is 0 Å². The maximum Gasteiger partial charge on any atom is 0.227 e. The number of hydrogen-bond acceptors (Lipinski definition) is 5. The minimum absolute atomic E-state index is 0.194. The zero-order chi connectivity index (χ0) is 13.2. The van der Waals surface area contributed by atoms with Crippen LogP contribution >= 0.6 is 0 Å². The molecule has 0 amide bonds. The van der Waals surface area contributed by atoms with Crippen molar-refractivity contribution in [1.29, 1.82) is 0 Å². The quantitative estimate of drug-likeness (QED) is 0.839. The van der Waals surface area contributed by atoms with Crippen LogP contribution in [0.15, 0.2) is 4.52 Å². The van der Waals surface area contributed by atoms with E-state index in [9.17, 15) is 0 Å². The van der Waals surface area contributed by atoms with Crippen LogP contribution in [0.4, 0.5) is 0 Å². The van der Waals surface area contributed by atoms with E-state index in [0.29, 0.717) is 24.9 Å². The molecule has 0 spiro atoms. The van der Waals surface area contributed by atoms with Crippen LogP contribution in [0.1, 0.15) is 51.7 Å². The van der Waals surface area contributed by atoms with Gasteiger partial charge >= 0.3 is 0 Å². The first-order valence-electron chi connectivity index (χ1n) is 6.68. The van der Waals surface area contributed by atoms with Crippen molar-refractivity contribution in [3.8, 4) is 0 Å². The molecule has 0 bridgehead atoms. The Labute approximate surface area is 108 Å². The molecule has 102 valence electrons. The van der Waals surface area contributed by atoms with E-state index in [1.165, 1.54) is 6.42 Å². The van der Waals surface area contributed by atoms with Crippen molar-refractivity contribution >= 4 is 0 Å². The van der Waals surface area contributed by atoms with Gasteiger partial charge < -0.3 is 15.0 Å². The Hall–Kier alpha value is -0.940. The molecule has 0 unspecified atom stereocenters. The van der Waals surface area contributed by atoms with Gasteiger partial charge in [-0.05, 0) is 45.6 Å². The number of hydrogen-bond donors (Lipinski definition) is 1. The van der Waals surface area contributed by atoms with Crippen LogP contribution in [0.25, 0.3) is 0 Å².